The van der Waals surface area contributed by atoms with Crippen LogP contribution in [0.5, 0.6) is 0 Å². The number of thiophene rings is 1. The molecule has 1 N–H and O–H groups in total. The van der Waals surface area contributed by atoms with Gasteiger partial charge in [-0.3, -0.25) is 0 Å². The number of sulfonamides is 1. The van der Waals surface area contributed by atoms with Crippen LogP contribution < -0.4 is 4.72 Å². The first-order valence-electron chi connectivity index (χ1n) is 8.29. The van der Waals surface area contributed by atoms with Gasteiger partial charge >= 0.3 is 0 Å². The van der Waals surface area contributed by atoms with Crippen molar-refractivity contribution in [3.8, 4) is 0 Å². The van der Waals surface area contributed by atoms with Crippen LogP contribution in [0.1, 0.15) is 15.7 Å². The van der Waals surface area contributed by atoms with Crippen molar-refractivity contribution in [3.63, 3.8) is 0 Å². The largest absolute Gasteiger partial charge is 0.240 e. The van der Waals surface area contributed by atoms with Crippen molar-refractivity contribution in [1.82, 2.24) is 4.72 Å². The van der Waals surface area contributed by atoms with Crippen LogP contribution in [0.2, 0.25) is 0 Å². The standard InChI is InChI=1S/C19H18FNO4S3/c1-14-4-8-17(9-5-14)28(24,25)21-13-19(18-3-2-12-26-18)27(22,23)16-10-6-15(20)7-11-16/h2-12,19,21H,13H2,1H3/t19-/m1/s1. The van der Waals surface area contributed by atoms with E-state index in [0.29, 0.717) is 4.88 Å². The number of sulfone groups is 1. The molecule has 1 atom stereocenters. The van der Waals surface area contributed by atoms with Crippen LogP contribution in [-0.2, 0) is 19.9 Å². The van der Waals surface area contributed by atoms with E-state index in [2.05, 4.69) is 4.72 Å². The van der Waals surface area contributed by atoms with Crippen molar-refractivity contribution in [1.29, 1.82) is 0 Å². The normalized spacial score (nSPS) is 13.4. The molecule has 0 aliphatic heterocycles. The van der Waals surface area contributed by atoms with Crippen molar-refractivity contribution >= 4 is 31.2 Å². The first-order valence-corrected chi connectivity index (χ1v) is 12.2. The second-order valence-corrected chi connectivity index (χ2v) is 11.0. The lowest BCUT2D eigenvalue weighted by Gasteiger charge is -2.17. The van der Waals surface area contributed by atoms with Gasteiger partial charge in [0.2, 0.25) is 10.0 Å². The molecule has 0 radical (unpaired) electrons. The molecular weight excluding hydrogens is 421 g/mol. The fourth-order valence-electron chi connectivity index (χ4n) is 2.61. The minimum absolute atomic E-state index is 0.0576. The molecule has 148 valence electrons. The molecule has 0 saturated heterocycles. The lowest BCUT2D eigenvalue weighted by atomic mass is 10.2. The fraction of sp³-hybridized carbons (Fsp3) is 0.158. The first-order chi connectivity index (χ1) is 13.2. The zero-order chi connectivity index (χ0) is 20.4. The highest BCUT2D eigenvalue weighted by atomic mass is 32.2. The summed E-state index contributed by atoms with van der Waals surface area (Å²) in [4.78, 5) is 0.486. The summed E-state index contributed by atoms with van der Waals surface area (Å²) in [6.45, 7) is 1.50. The van der Waals surface area contributed by atoms with E-state index >= 15 is 0 Å². The second-order valence-electron chi connectivity index (χ2n) is 6.17. The predicted molar refractivity (Wildman–Crippen MR) is 107 cm³/mol. The molecular formula is C19H18FNO4S3. The van der Waals surface area contributed by atoms with Crippen LogP contribution in [0.15, 0.2) is 75.8 Å². The van der Waals surface area contributed by atoms with Crippen LogP contribution in [0.25, 0.3) is 0 Å². The Morgan fingerprint density at radius 1 is 0.929 bits per heavy atom. The Hall–Kier alpha value is -2.07. The maximum Gasteiger partial charge on any atom is 0.240 e. The van der Waals surface area contributed by atoms with Crippen molar-refractivity contribution in [2.45, 2.75) is 22.0 Å². The summed E-state index contributed by atoms with van der Waals surface area (Å²) >= 11 is 1.22. The molecule has 0 aliphatic carbocycles. The summed E-state index contributed by atoms with van der Waals surface area (Å²) in [5, 5.41) is 0.593. The van der Waals surface area contributed by atoms with Gasteiger partial charge in [-0.15, -0.1) is 11.3 Å². The first kappa shape index (κ1) is 20.7. The predicted octanol–water partition coefficient (Wildman–Crippen LogP) is 3.69. The molecule has 28 heavy (non-hydrogen) atoms. The zero-order valence-corrected chi connectivity index (χ0v) is 17.3. The molecule has 5 nitrogen and oxygen atoms in total. The maximum absolute atomic E-state index is 13.2. The van der Waals surface area contributed by atoms with Gasteiger partial charge in [-0.2, -0.15) is 0 Å². The molecule has 9 heteroatoms. The van der Waals surface area contributed by atoms with Gasteiger partial charge in [-0.25, -0.2) is 25.9 Å². The Bertz CT molecular complexity index is 1140. The van der Waals surface area contributed by atoms with Gasteiger partial charge in [0, 0.05) is 11.4 Å². The number of rotatable bonds is 7. The van der Waals surface area contributed by atoms with Crippen LogP contribution in [0, 0.1) is 12.7 Å². The number of hydrogen-bond donors (Lipinski definition) is 1. The van der Waals surface area contributed by atoms with E-state index in [9.17, 15) is 21.2 Å². The Balaban J connectivity index is 1.91. The highest BCUT2D eigenvalue weighted by molar-refractivity contribution is 7.92. The third kappa shape index (κ3) is 4.49. The smallest absolute Gasteiger partial charge is 0.223 e. The topological polar surface area (TPSA) is 80.3 Å². The average Bonchev–Trinajstić information content (AvgIpc) is 3.16. The summed E-state index contributed by atoms with van der Waals surface area (Å²) in [5.41, 5.74) is 0.911. The molecule has 0 spiro atoms. The fourth-order valence-corrected chi connectivity index (χ4v) is 6.55. The summed E-state index contributed by atoms with van der Waals surface area (Å²) in [5.74, 6) is -0.549. The SMILES string of the molecule is Cc1ccc(S(=O)(=O)NC[C@H](c2cccs2)S(=O)(=O)c2ccc(F)cc2)cc1. The summed E-state index contributed by atoms with van der Waals surface area (Å²) in [6, 6.07) is 14.1. The summed E-state index contributed by atoms with van der Waals surface area (Å²) in [7, 11) is -7.82. The van der Waals surface area contributed by atoms with Crippen LogP contribution in [0.3, 0.4) is 0 Å². The van der Waals surface area contributed by atoms with E-state index in [1.807, 2.05) is 6.92 Å². The van der Waals surface area contributed by atoms with Gasteiger partial charge in [0.25, 0.3) is 0 Å². The third-order valence-corrected chi connectivity index (χ3v) is 8.84. The minimum atomic E-state index is -3.94. The molecule has 0 unspecified atom stereocenters. The molecule has 0 fully saturated rings. The average molecular weight is 440 g/mol. The third-order valence-electron chi connectivity index (χ3n) is 4.17. The molecule has 2 aromatic carbocycles. The zero-order valence-electron chi connectivity index (χ0n) is 14.9. The lowest BCUT2D eigenvalue weighted by molar-refractivity contribution is 0.569. The Kier molecular flexibility index (Phi) is 5.99. The van der Waals surface area contributed by atoms with E-state index in [0.717, 1.165) is 17.7 Å². The molecule has 3 aromatic rings. The molecule has 1 heterocycles. The number of halogens is 1. The summed E-state index contributed by atoms with van der Waals surface area (Å²) in [6.07, 6.45) is 0. The van der Waals surface area contributed by atoms with Crippen molar-refractivity contribution in [3.05, 3.63) is 82.3 Å². The monoisotopic (exact) mass is 439 g/mol. The van der Waals surface area contributed by atoms with Crippen LogP contribution in [-0.4, -0.2) is 23.4 Å². The molecule has 0 bridgehead atoms. The highest BCUT2D eigenvalue weighted by Gasteiger charge is 2.31. The molecule has 0 saturated carbocycles. The van der Waals surface area contributed by atoms with Gasteiger partial charge in [-0.05, 0) is 54.8 Å². The van der Waals surface area contributed by atoms with E-state index < -0.39 is 30.9 Å². The Morgan fingerprint density at radius 3 is 2.11 bits per heavy atom. The Labute approximate surface area is 167 Å². The second kappa shape index (κ2) is 8.12. The minimum Gasteiger partial charge on any atom is -0.223 e. The molecule has 3 rings (SSSR count). The number of hydrogen-bond acceptors (Lipinski definition) is 5. The number of aryl methyl sites for hydroxylation is 1. The van der Waals surface area contributed by atoms with Gasteiger partial charge in [0.15, 0.2) is 9.84 Å². The highest BCUT2D eigenvalue weighted by Crippen LogP contribution is 2.32. The maximum atomic E-state index is 13.2. The quantitative estimate of drug-likeness (QED) is 0.570. The van der Waals surface area contributed by atoms with Gasteiger partial charge < -0.3 is 0 Å². The van der Waals surface area contributed by atoms with E-state index in [1.54, 1.807) is 29.6 Å². The van der Waals surface area contributed by atoms with Crippen molar-refractivity contribution in [2.24, 2.45) is 0 Å². The van der Waals surface area contributed by atoms with Gasteiger partial charge in [-0.1, -0.05) is 23.8 Å². The van der Waals surface area contributed by atoms with Crippen LogP contribution >= 0.6 is 11.3 Å². The van der Waals surface area contributed by atoms with E-state index in [-0.39, 0.29) is 16.3 Å². The number of nitrogens with one attached hydrogen (secondary N) is 1. The molecule has 0 aliphatic rings. The number of benzene rings is 2. The van der Waals surface area contributed by atoms with Crippen LogP contribution in [0.4, 0.5) is 4.39 Å². The van der Waals surface area contributed by atoms with Gasteiger partial charge in [0.05, 0.1) is 9.79 Å². The lowest BCUT2D eigenvalue weighted by Crippen LogP contribution is -2.31. The van der Waals surface area contributed by atoms with E-state index in [4.69, 9.17) is 0 Å². The molecule has 1 aromatic heterocycles. The van der Waals surface area contributed by atoms with Gasteiger partial charge in [0.1, 0.15) is 11.1 Å². The molecule has 0 amide bonds. The van der Waals surface area contributed by atoms with E-state index in [1.165, 1.54) is 35.6 Å². The summed E-state index contributed by atoms with van der Waals surface area (Å²) < 4.78 is 66.9. The Morgan fingerprint density at radius 2 is 1.54 bits per heavy atom. The van der Waals surface area contributed by atoms with Crippen molar-refractivity contribution < 1.29 is 21.2 Å². The van der Waals surface area contributed by atoms with Crippen molar-refractivity contribution in [2.75, 3.05) is 6.54 Å².